The number of halogens is 2. The van der Waals surface area contributed by atoms with Crippen LogP contribution in [0.5, 0.6) is 0 Å². The van der Waals surface area contributed by atoms with E-state index in [0.29, 0.717) is 11.2 Å². The molecule has 0 aromatic carbocycles. The summed E-state index contributed by atoms with van der Waals surface area (Å²) in [5.41, 5.74) is 1.06. The van der Waals surface area contributed by atoms with Crippen LogP contribution in [-0.2, 0) is 0 Å². The third-order valence-corrected chi connectivity index (χ3v) is 3.53. The second-order valence-electron chi connectivity index (χ2n) is 3.52. The Kier molecular flexibility index (Phi) is 3.16. The molecule has 0 bridgehead atoms. The summed E-state index contributed by atoms with van der Waals surface area (Å²) in [6.45, 7) is 4.30. The lowest BCUT2D eigenvalue weighted by atomic mass is 10.2. The number of nitrogens with zero attached hydrogens (tertiary/aromatic N) is 3. The molecule has 0 fully saturated rings. The van der Waals surface area contributed by atoms with Gasteiger partial charge in [0.05, 0.1) is 10.9 Å². The molecule has 2 heterocycles. The minimum Gasteiger partial charge on any atom is -0.261 e. The average molecular weight is 336 g/mol. The molecule has 0 spiro atoms. The molecule has 2 aromatic heterocycles. The minimum atomic E-state index is 0.384. The quantitative estimate of drug-likeness (QED) is 0.619. The molecule has 0 amide bonds. The molecule has 0 saturated heterocycles. The third kappa shape index (κ3) is 1.97. The molecule has 1 atom stereocenters. The summed E-state index contributed by atoms with van der Waals surface area (Å²) in [4.78, 5) is 4.07. The van der Waals surface area contributed by atoms with Gasteiger partial charge in [0.2, 0.25) is 0 Å². The van der Waals surface area contributed by atoms with Gasteiger partial charge in [-0.05, 0) is 35.9 Å². The molecule has 0 aliphatic carbocycles. The molecule has 0 aliphatic heterocycles. The molecular formula is C10H11ClIN3. The van der Waals surface area contributed by atoms with Crippen molar-refractivity contribution in [2.75, 3.05) is 0 Å². The Morgan fingerprint density at radius 2 is 2.33 bits per heavy atom. The Labute approximate surface area is 107 Å². The van der Waals surface area contributed by atoms with E-state index in [1.807, 2.05) is 10.7 Å². The first-order valence-electron chi connectivity index (χ1n) is 4.82. The fraction of sp³-hybridized carbons (Fsp3) is 0.400. The van der Waals surface area contributed by atoms with Crippen LogP contribution in [-0.4, -0.2) is 14.8 Å². The molecule has 15 heavy (non-hydrogen) atoms. The largest absolute Gasteiger partial charge is 0.261 e. The highest BCUT2D eigenvalue weighted by molar-refractivity contribution is 14.1. The fourth-order valence-electron chi connectivity index (χ4n) is 1.48. The van der Waals surface area contributed by atoms with Crippen LogP contribution in [0.2, 0.25) is 5.15 Å². The van der Waals surface area contributed by atoms with Crippen LogP contribution in [0.25, 0.3) is 10.9 Å². The number of pyridine rings is 1. The Morgan fingerprint density at radius 1 is 1.60 bits per heavy atom. The lowest BCUT2D eigenvalue weighted by molar-refractivity contribution is 0.490. The van der Waals surface area contributed by atoms with Crippen LogP contribution in [0.3, 0.4) is 0 Å². The number of hydrogen-bond acceptors (Lipinski definition) is 2. The molecule has 2 rings (SSSR count). The molecule has 0 N–H and O–H groups in total. The van der Waals surface area contributed by atoms with E-state index in [4.69, 9.17) is 11.6 Å². The van der Waals surface area contributed by atoms with Gasteiger partial charge in [-0.3, -0.25) is 4.68 Å². The van der Waals surface area contributed by atoms with Crippen molar-refractivity contribution < 1.29 is 0 Å². The van der Waals surface area contributed by atoms with Crippen LogP contribution < -0.4 is 0 Å². The summed E-state index contributed by atoms with van der Waals surface area (Å²) in [5, 5.41) is 6.09. The average Bonchev–Trinajstić information content (AvgIpc) is 2.54. The van der Waals surface area contributed by atoms with Gasteiger partial charge in [0.15, 0.2) is 0 Å². The Balaban J connectivity index is 2.69. The zero-order valence-corrected chi connectivity index (χ0v) is 11.5. The maximum Gasteiger partial charge on any atom is 0.132 e. The zero-order valence-electron chi connectivity index (χ0n) is 8.54. The van der Waals surface area contributed by atoms with Crippen molar-refractivity contribution in [3.05, 3.63) is 21.1 Å². The molecule has 5 heteroatoms. The normalized spacial score (nSPS) is 13.3. The van der Waals surface area contributed by atoms with Gasteiger partial charge in [0.25, 0.3) is 0 Å². The predicted octanol–water partition coefficient (Wildman–Crippen LogP) is 3.66. The lowest BCUT2D eigenvalue weighted by Gasteiger charge is -2.10. The molecule has 0 unspecified atom stereocenters. The second kappa shape index (κ2) is 4.25. The van der Waals surface area contributed by atoms with Crippen molar-refractivity contribution in [1.29, 1.82) is 0 Å². The topological polar surface area (TPSA) is 30.7 Å². The molecule has 0 saturated carbocycles. The Hall–Kier alpha value is -0.360. The summed E-state index contributed by atoms with van der Waals surface area (Å²) in [6, 6.07) is 2.26. The third-order valence-electron chi connectivity index (χ3n) is 2.52. The number of rotatable bonds is 2. The molecular weight excluding hydrogens is 324 g/mol. The fourth-order valence-corrected chi connectivity index (χ4v) is 2.28. The van der Waals surface area contributed by atoms with Crippen molar-refractivity contribution in [3.63, 3.8) is 0 Å². The molecule has 0 aliphatic rings. The van der Waals surface area contributed by atoms with Gasteiger partial charge in [-0.2, -0.15) is 5.10 Å². The van der Waals surface area contributed by atoms with Gasteiger partial charge in [0, 0.05) is 18.3 Å². The van der Waals surface area contributed by atoms with E-state index in [1.165, 1.54) is 0 Å². The van der Waals surface area contributed by atoms with E-state index in [-0.39, 0.29) is 0 Å². The highest BCUT2D eigenvalue weighted by Crippen LogP contribution is 2.25. The first-order valence-corrected chi connectivity index (χ1v) is 6.28. The van der Waals surface area contributed by atoms with Crippen LogP contribution in [0, 0.1) is 3.70 Å². The van der Waals surface area contributed by atoms with E-state index in [2.05, 4.69) is 46.5 Å². The smallest absolute Gasteiger partial charge is 0.132 e. The lowest BCUT2D eigenvalue weighted by Crippen LogP contribution is -2.05. The SMILES string of the molecule is CC[C@H](C)n1nc(I)c2cnc(Cl)cc21. The maximum absolute atomic E-state index is 5.89. The summed E-state index contributed by atoms with van der Waals surface area (Å²) >= 11 is 8.12. The van der Waals surface area contributed by atoms with Gasteiger partial charge in [0.1, 0.15) is 8.85 Å². The van der Waals surface area contributed by atoms with Crippen molar-refractivity contribution in [1.82, 2.24) is 14.8 Å². The molecule has 3 nitrogen and oxygen atoms in total. The van der Waals surface area contributed by atoms with Gasteiger partial charge in [-0.1, -0.05) is 18.5 Å². The van der Waals surface area contributed by atoms with E-state index in [0.717, 1.165) is 21.0 Å². The van der Waals surface area contributed by atoms with Crippen LogP contribution in [0.1, 0.15) is 26.3 Å². The van der Waals surface area contributed by atoms with E-state index >= 15 is 0 Å². The van der Waals surface area contributed by atoms with Crippen LogP contribution >= 0.6 is 34.2 Å². The molecule has 2 aromatic rings. The van der Waals surface area contributed by atoms with Gasteiger partial charge in [-0.15, -0.1) is 0 Å². The molecule has 0 radical (unpaired) electrons. The van der Waals surface area contributed by atoms with E-state index < -0.39 is 0 Å². The van der Waals surface area contributed by atoms with Gasteiger partial charge >= 0.3 is 0 Å². The highest BCUT2D eigenvalue weighted by Gasteiger charge is 2.12. The minimum absolute atomic E-state index is 0.384. The summed E-state index contributed by atoms with van der Waals surface area (Å²) in [6.07, 6.45) is 2.83. The second-order valence-corrected chi connectivity index (χ2v) is 4.93. The first kappa shape index (κ1) is 11.1. The van der Waals surface area contributed by atoms with Crippen LogP contribution in [0.4, 0.5) is 0 Å². The van der Waals surface area contributed by atoms with E-state index in [1.54, 1.807) is 6.20 Å². The monoisotopic (exact) mass is 335 g/mol. The number of aromatic nitrogens is 3. The number of hydrogen-bond donors (Lipinski definition) is 0. The Bertz CT molecular complexity index is 495. The summed E-state index contributed by atoms with van der Waals surface area (Å²) in [5.74, 6) is 0. The van der Waals surface area contributed by atoms with E-state index in [9.17, 15) is 0 Å². The van der Waals surface area contributed by atoms with Gasteiger partial charge in [-0.25, -0.2) is 4.98 Å². The van der Waals surface area contributed by atoms with Crippen molar-refractivity contribution >= 4 is 45.1 Å². The maximum atomic E-state index is 5.89. The zero-order chi connectivity index (χ0) is 11.0. The van der Waals surface area contributed by atoms with Crippen molar-refractivity contribution in [2.45, 2.75) is 26.3 Å². The summed E-state index contributed by atoms with van der Waals surface area (Å²) < 4.78 is 3.00. The standard InChI is InChI=1S/C10H11ClIN3/c1-3-6(2)15-8-4-9(11)13-5-7(8)10(12)14-15/h4-6H,3H2,1-2H3/t6-/m0/s1. The van der Waals surface area contributed by atoms with Crippen molar-refractivity contribution in [2.24, 2.45) is 0 Å². The molecule has 80 valence electrons. The first-order chi connectivity index (χ1) is 7.13. The predicted molar refractivity (Wildman–Crippen MR) is 70.3 cm³/mol. The highest BCUT2D eigenvalue weighted by atomic mass is 127. The number of fused-ring (bicyclic) bond motifs is 1. The van der Waals surface area contributed by atoms with Crippen molar-refractivity contribution in [3.8, 4) is 0 Å². The van der Waals surface area contributed by atoms with Crippen LogP contribution in [0.15, 0.2) is 12.3 Å². The van der Waals surface area contributed by atoms with Gasteiger partial charge < -0.3 is 0 Å². The Morgan fingerprint density at radius 3 is 3.00 bits per heavy atom. The summed E-state index contributed by atoms with van der Waals surface area (Å²) in [7, 11) is 0.